The summed E-state index contributed by atoms with van der Waals surface area (Å²) in [7, 11) is 0. The molecule has 2 aromatic carbocycles. The Morgan fingerprint density at radius 1 is 0.852 bits per heavy atom. The first kappa shape index (κ1) is 19.7. The minimum Gasteiger partial charge on any atom is -0.251 e. The highest BCUT2D eigenvalue weighted by molar-refractivity contribution is 5.64. The molecule has 144 valence electrons. The van der Waals surface area contributed by atoms with Crippen LogP contribution in [0, 0.1) is 23.4 Å². The van der Waals surface area contributed by atoms with E-state index in [2.05, 4.69) is 12.2 Å². The number of unbranched alkanes of at least 4 members (excludes halogenated alkanes) is 1. The molecule has 1 fully saturated rings. The molecule has 0 bridgehead atoms. The molecular formula is C23H24F4. The first-order valence-electron chi connectivity index (χ1n) is 9.56. The molecule has 0 aromatic heterocycles. The number of hydrogen-bond acceptors (Lipinski definition) is 0. The van der Waals surface area contributed by atoms with Crippen LogP contribution < -0.4 is 0 Å². The van der Waals surface area contributed by atoms with Crippen molar-refractivity contribution in [2.75, 3.05) is 6.67 Å². The molecule has 0 spiro atoms. The molecule has 0 heterocycles. The maximum Gasteiger partial charge on any atom is 0.194 e. The molecule has 1 aliphatic rings. The highest BCUT2D eigenvalue weighted by Gasteiger charge is 2.21. The zero-order valence-corrected chi connectivity index (χ0v) is 15.2. The molecule has 4 heteroatoms. The van der Waals surface area contributed by atoms with Crippen molar-refractivity contribution in [2.45, 2.75) is 44.4 Å². The fourth-order valence-corrected chi connectivity index (χ4v) is 3.80. The fourth-order valence-electron chi connectivity index (χ4n) is 3.80. The first-order valence-corrected chi connectivity index (χ1v) is 9.56. The third-order valence-corrected chi connectivity index (χ3v) is 5.38. The van der Waals surface area contributed by atoms with Crippen molar-refractivity contribution in [3.05, 3.63) is 71.6 Å². The molecule has 0 radical (unpaired) electrons. The van der Waals surface area contributed by atoms with E-state index in [9.17, 15) is 17.6 Å². The number of rotatable bonds is 6. The maximum absolute atomic E-state index is 13.4. The minimum absolute atomic E-state index is 0.260. The molecule has 0 atom stereocenters. The lowest BCUT2D eigenvalue weighted by Crippen LogP contribution is -2.11. The highest BCUT2D eigenvalue weighted by atomic mass is 19.2. The summed E-state index contributed by atoms with van der Waals surface area (Å²) in [6, 6.07) is 9.71. The van der Waals surface area contributed by atoms with E-state index in [1.165, 1.54) is 5.56 Å². The Kier molecular flexibility index (Phi) is 6.70. The van der Waals surface area contributed by atoms with Crippen LogP contribution in [0.25, 0.3) is 11.1 Å². The summed E-state index contributed by atoms with van der Waals surface area (Å²) >= 11 is 0. The van der Waals surface area contributed by atoms with E-state index in [1.807, 2.05) is 24.3 Å². The predicted molar refractivity (Wildman–Crippen MR) is 101 cm³/mol. The van der Waals surface area contributed by atoms with Gasteiger partial charge in [0.2, 0.25) is 0 Å². The van der Waals surface area contributed by atoms with Crippen LogP contribution in [0.5, 0.6) is 0 Å². The topological polar surface area (TPSA) is 0 Å². The fraction of sp³-hybridized carbons (Fsp3) is 0.391. The molecular weight excluding hydrogens is 352 g/mol. The Balaban J connectivity index is 1.61. The van der Waals surface area contributed by atoms with Crippen LogP contribution in [0.4, 0.5) is 17.6 Å². The molecule has 1 saturated carbocycles. The molecule has 0 unspecified atom stereocenters. The van der Waals surface area contributed by atoms with Gasteiger partial charge in [0.25, 0.3) is 0 Å². The predicted octanol–water partition coefficient (Wildman–Crippen LogP) is 7.35. The zero-order valence-electron chi connectivity index (χ0n) is 15.2. The SMILES string of the molecule is FCCCC=C[C@H]1CC[C@H](c2ccc(-c3cc(F)c(F)c(F)c3)cc2)CC1. The van der Waals surface area contributed by atoms with Crippen LogP contribution in [0.1, 0.15) is 50.0 Å². The second kappa shape index (κ2) is 9.20. The van der Waals surface area contributed by atoms with Gasteiger partial charge in [0, 0.05) is 0 Å². The normalized spacial score (nSPS) is 20.3. The van der Waals surface area contributed by atoms with Crippen LogP contribution in [0.3, 0.4) is 0 Å². The first-order chi connectivity index (χ1) is 13.1. The summed E-state index contributed by atoms with van der Waals surface area (Å²) in [6.07, 6.45) is 10.2. The van der Waals surface area contributed by atoms with Gasteiger partial charge < -0.3 is 0 Å². The lowest BCUT2D eigenvalue weighted by atomic mass is 9.78. The second-order valence-electron chi connectivity index (χ2n) is 7.25. The summed E-state index contributed by atoms with van der Waals surface area (Å²) < 4.78 is 52.1. The Morgan fingerprint density at radius 2 is 1.48 bits per heavy atom. The molecule has 27 heavy (non-hydrogen) atoms. The summed E-state index contributed by atoms with van der Waals surface area (Å²) in [6.45, 7) is -0.260. The van der Waals surface area contributed by atoms with E-state index in [0.29, 0.717) is 29.4 Å². The molecule has 1 aliphatic carbocycles. The number of hydrogen-bond donors (Lipinski definition) is 0. The van der Waals surface area contributed by atoms with Gasteiger partial charge in [-0.2, -0.15) is 0 Å². The molecule has 2 aromatic rings. The van der Waals surface area contributed by atoms with Gasteiger partial charge in [-0.1, -0.05) is 36.4 Å². The average Bonchev–Trinajstić information content (AvgIpc) is 2.70. The molecule has 0 N–H and O–H groups in total. The van der Waals surface area contributed by atoms with Crippen LogP contribution >= 0.6 is 0 Å². The largest absolute Gasteiger partial charge is 0.251 e. The Labute approximate surface area is 157 Å². The van der Waals surface area contributed by atoms with Crippen molar-refractivity contribution >= 4 is 0 Å². The van der Waals surface area contributed by atoms with Crippen molar-refractivity contribution in [1.29, 1.82) is 0 Å². The van der Waals surface area contributed by atoms with Crippen LogP contribution in [0.2, 0.25) is 0 Å². The Hall–Kier alpha value is -2.10. The van der Waals surface area contributed by atoms with E-state index < -0.39 is 17.5 Å². The summed E-state index contributed by atoms with van der Waals surface area (Å²) in [5, 5.41) is 0. The van der Waals surface area contributed by atoms with Gasteiger partial charge >= 0.3 is 0 Å². The van der Waals surface area contributed by atoms with Gasteiger partial charge in [-0.25, -0.2) is 13.2 Å². The molecule has 0 nitrogen and oxygen atoms in total. The van der Waals surface area contributed by atoms with Gasteiger partial charge in [-0.05, 0) is 79.2 Å². The maximum atomic E-state index is 13.4. The summed E-state index contributed by atoms with van der Waals surface area (Å²) in [5.41, 5.74) is 2.22. The van der Waals surface area contributed by atoms with Crippen molar-refractivity contribution in [2.24, 2.45) is 5.92 Å². The molecule has 0 saturated heterocycles. The third-order valence-electron chi connectivity index (χ3n) is 5.38. The van der Waals surface area contributed by atoms with Gasteiger partial charge in [0.15, 0.2) is 17.5 Å². The van der Waals surface area contributed by atoms with E-state index in [-0.39, 0.29) is 6.67 Å². The van der Waals surface area contributed by atoms with Crippen molar-refractivity contribution in [3.63, 3.8) is 0 Å². The second-order valence-corrected chi connectivity index (χ2v) is 7.25. The Bertz CT molecular complexity index is 748. The average molecular weight is 376 g/mol. The number of halogens is 4. The Morgan fingerprint density at radius 3 is 2.07 bits per heavy atom. The lowest BCUT2D eigenvalue weighted by Gasteiger charge is -2.27. The smallest absolute Gasteiger partial charge is 0.194 e. The van der Waals surface area contributed by atoms with Gasteiger partial charge in [-0.15, -0.1) is 0 Å². The van der Waals surface area contributed by atoms with E-state index in [1.54, 1.807) is 0 Å². The van der Waals surface area contributed by atoms with Crippen LogP contribution in [0.15, 0.2) is 48.6 Å². The minimum atomic E-state index is -1.44. The summed E-state index contributed by atoms with van der Waals surface area (Å²) in [4.78, 5) is 0. The van der Waals surface area contributed by atoms with Crippen molar-refractivity contribution in [3.8, 4) is 11.1 Å². The van der Waals surface area contributed by atoms with Gasteiger partial charge in [0.05, 0.1) is 6.67 Å². The quantitative estimate of drug-likeness (QED) is 0.214. The lowest BCUT2D eigenvalue weighted by molar-refractivity contribution is 0.375. The monoisotopic (exact) mass is 376 g/mol. The van der Waals surface area contributed by atoms with Crippen molar-refractivity contribution < 1.29 is 17.6 Å². The number of allylic oxidation sites excluding steroid dienone is 2. The molecule has 0 aliphatic heterocycles. The van der Waals surface area contributed by atoms with E-state index in [0.717, 1.165) is 44.2 Å². The van der Waals surface area contributed by atoms with Crippen LogP contribution in [-0.2, 0) is 0 Å². The standard InChI is InChI=1S/C23H24F4/c24-13-3-1-2-4-16-5-7-17(8-6-16)18-9-11-19(12-10-18)20-14-21(25)23(27)22(26)15-20/h2,4,9-12,14-17H,1,3,5-8,13H2/t16-,17-. The van der Waals surface area contributed by atoms with Gasteiger partial charge in [-0.3, -0.25) is 4.39 Å². The van der Waals surface area contributed by atoms with Crippen LogP contribution in [-0.4, -0.2) is 6.67 Å². The van der Waals surface area contributed by atoms with E-state index in [4.69, 9.17) is 0 Å². The molecule has 3 rings (SSSR count). The van der Waals surface area contributed by atoms with E-state index >= 15 is 0 Å². The van der Waals surface area contributed by atoms with Crippen molar-refractivity contribution in [1.82, 2.24) is 0 Å². The highest BCUT2D eigenvalue weighted by Crippen LogP contribution is 2.37. The molecule has 0 amide bonds. The zero-order chi connectivity index (χ0) is 19.2. The third kappa shape index (κ3) is 5.00. The van der Waals surface area contributed by atoms with Gasteiger partial charge in [0.1, 0.15) is 0 Å². The summed E-state index contributed by atoms with van der Waals surface area (Å²) in [5.74, 6) is -2.73. The number of benzene rings is 2. The number of alkyl halides is 1.